The van der Waals surface area contributed by atoms with Crippen LogP contribution in [0, 0.1) is 0 Å². The molecule has 0 aromatic rings. The Hall–Kier alpha value is -1.79. The van der Waals surface area contributed by atoms with Gasteiger partial charge in [-0.05, 0) is 13.3 Å². The molecule has 2 amide bonds. The number of esters is 1. The zero-order valence-electron chi connectivity index (χ0n) is 10.1. The maximum atomic E-state index is 11.4. The van der Waals surface area contributed by atoms with E-state index in [2.05, 4.69) is 15.4 Å². The highest BCUT2D eigenvalue weighted by Gasteiger charge is 2.21. The second kappa shape index (κ2) is 7.48. The zero-order chi connectivity index (χ0) is 13.4. The van der Waals surface area contributed by atoms with Gasteiger partial charge in [0.2, 0.25) is 0 Å². The molecule has 7 heteroatoms. The summed E-state index contributed by atoms with van der Waals surface area (Å²) in [5, 5.41) is 13.4. The summed E-state index contributed by atoms with van der Waals surface area (Å²) in [6, 6.07) is -2.48. The highest BCUT2D eigenvalue weighted by Crippen LogP contribution is 1.97. The molecule has 0 fully saturated rings. The monoisotopic (exact) mass is 246 g/mol. The van der Waals surface area contributed by atoms with E-state index in [0.29, 0.717) is 12.8 Å². The molecule has 17 heavy (non-hydrogen) atoms. The predicted octanol–water partition coefficient (Wildman–Crippen LogP) is 0.100. The van der Waals surface area contributed by atoms with Crippen molar-refractivity contribution in [2.24, 2.45) is 0 Å². The van der Waals surface area contributed by atoms with Crippen LogP contribution in [0.1, 0.15) is 26.7 Å². The summed E-state index contributed by atoms with van der Waals surface area (Å²) < 4.78 is 4.42. The average Bonchev–Trinajstić information content (AvgIpc) is 2.26. The van der Waals surface area contributed by atoms with Crippen molar-refractivity contribution in [3.8, 4) is 0 Å². The van der Waals surface area contributed by atoms with Crippen molar-refractivity contribution < 1.29 is 24.2 Å². The molecule has 0 aromatic heterocycles. The van der Waals surface area contributed by atoms with Gasteiger partial charge in [0, 0.05) is 0 Å². The van der Waals surface area contributed by atoms with Crippen molar-refractivity contribution in [2.75, 3.05) is 7.11 Å². The number of ether oxygens (including phenoxy) is 1. The molecular formula is C10H18N2O5. The lowest BCUT2D eigenvalue weighted by Crippen LogP contribution is -2.50. The summed E-state index contributed by atoms with van der Waals surface area (Å²) in [5.74, 6) is -1.70. The molecule has 0 aliphatic rings. The molecule has 98 valence electrons. The van der Waals surface area contributed by atoms with Gasteiger partial charge in [0.1, 0.15) is 12.1 Å². The molecule has 7 nitrogen and oxygen atoms in total. The summed E-state index contributed by atoms with van der Waals surface area (Å²) in [5.41, 5.74) is 0. The zero-order valence-corrected chi connectivity index (χ0v) is 10.1. The van der Waals surface area contributed by atoms with Crippen LogP contribution in [-0.2, 0) is 14.3 Å². The van der Waals surface area contributed by atoms with E-state index in [4.69, 9.17) is 5.11 Å². The van der Waals surface area contributed by atoms with Crippen LogP contribution < -0.4 is 10.6 Å². The second-order valence-corrected chi connectivity index (χ2v) is 3.54. The minimum atomic E-state index is -1.10. The van der Waals surface area contributed by atoms with E-state index in [0.717, 1.165) is 0 Å². The van der Waals surface area contributed by atoms with Crippen molar-refractivity contribution in [3.63, 3.8) is 0 Å². The number of nitrogens with one attached hydrogen (secondary N) is 2. The molecule has 0 aromatic carbocycles. The summed E-state index contributed by atoms with van der Waals surface area (Å²) in [4.78, 5) is 33.1. The van der Waals surface area contributed by atoms with Gasteiger partial charge in [-0.25, -0.2) is 14.4 Å². The van der Waals surface area contributed by atoms with Gasteiger partial charge in [-0.1, -0.05) is 13.3 Å². The lowest BCUT2D eigenvalue weighted by molar-refractivity contribution is -0.142. The molecular weight excluding hydrogens is 228 g/mol. The number of carboxylic acids is 1. The van der Waals surface area contributed by atoms with Gasteiger partial charge in [0.25, 0.3) is 0 Å². The van der Waals surface area contributed by atoms with Crippen LogP contribution in [0.2, 0.25) is 0 Å². The number of hydrogen-bond donors (Lipinski definition) is 3. The van der Waals surface area contributed by atoms with E-state index in [-0.39, 0.29) is 0 Å². The van der Waals surface area contributed by atoms with Gasteiger partial charge in [-0.2, -0.15) is 0 Å². The molecule has 1 unspecified atom stereocenters. The Morgan fingerprint density at radius 3 is 2.29 bits per heavy atom. The normalized spacial score (nSPS) is 13.4. The van der Waals surface area contributed by atoms with Gasteiger partial charge in [0.05, 0.1) is 7.11 Å². The van der Waals surface area contributed by atoms with E-state index >= 15 is 0 Å². The molecule has 0 heterocycles. The number of carboxylic acid groups (broad SMARTS) is 1. The Morgan fingerprint density at radius 2 is 1.88 bits per heavy atom. The van der Waals surface area contributed by atoms with E-state index in [1.165, 1.54) is 14.0 Å². The molecule has 0 radical (unpaired) electrons. The average molecular weight is 246 g/mol. The van der Waals surface area contributed by atoms with Gasteiger partial charge in [0.15, 0.2) is 0 Å². The van der Waals surface area contributed by atoms with Crippen LogP contribution in [0.15, 0.2) is 0 Å². The first-order valence-electron chi connectivity index (χ1n) is 5.30. The Bertz CT molecular complexity index is 292. The highest BCUT2D eigenvalue weighted by molar-refractivity contribution is 5.86. The fraction of sp³-hybridized carbons (Fsp3) is 0.700. The molecule has 0 aliphatic heterocycles. The van der Waals surface area contributed by atoms with Crippen LogP contribution in [0.5, 0.6) is 0 Å². The van der Waals surface area contributed by atoms with Gasteiger partial charge in [-0.15, -0.1) is 0 Å². The fourth-order valence-corrected chi connectivity index (χ4v) is 1.18. The minimum absolute atomic E-state index is 0.329. The third-order valence-electron chi connectivity index (χ3n) is 2.08. The van der Waals surface area contributed by atoms with Crippen molar-refractivity contribution in [1.82, 2.24) is 10.6 Å². The molecule has 0 bridgehead atoms. The summed E-state index contributed by atoms with van der Waals surface area (Å²) in [6.07, 6.45) is 0.958. The van der Waals surface area contributed by atoms with E-state index in [1.807, 2.05) is 6.92 Å². The fourth-order valence-electron chi connectivity index (χ4n) is 1.18. The number of methoxy groups -OCH3 is 1. The third kappa shape index (κ3) is 5.74. The Labute approximate surface area is 99.5 Å². The van der Waals surface area contributed by atoms with Crippen molar-refractivity contribution in [2.45, 2.75) is 38.8 Å². The van der Waals surface area contributed by atoms with Crippen LogP contribution >= 0.6 is 0 Å². The van der Waals surface area contributed by atoms with Crippen LogP contribution in [0.25, 0.3) is 0 Å². The maximum Gasteiger partial charge on any atom is 0.328 e. The standard InChI is InChI=1S/C10H18N2O5/c1-4-5-7(8(13)14)12-10(16)11-6(2)9(15)17-3/h6-7H,4-5H2,1-3H3,(H,13,14)(H2,11,12,16)/t6?,7-/m0/s1. The minimum Gasteiger partial charge on any atom is -0.480 e. The number of urea groups is 1. The summed E-state index contributed by atoms with van der Waals surface area (Å²) in [6.45, 7) is 3.26. The lowest BCUT2D eigenvalue weighted by Gasteiger charge is -2.16. The van der Waals surface area contributed by atoms with Crippen LogP contribution in [-0.4, -0.2) is 42.3 Å². The Morgan fingerprint density at radius 1 is 1.29 bits per heavy atom. The van der Waals surface area contributed by atoms with E-state index in [9.17, 15) is 14.4 Å². The molecule has 0 aliphatic carbocycles. The number of hydrogen-bond acceptors (Lipinski definition) is 4. The van der Waals surface area contributed by atoms with Crippen LogP contribution in [0.3, 0.4) is 0 Å². The predicted molar refractivity (Wildman–Crippen MR) is 59.5 cm³/mol. The lowest BCUT2D eigenvalue weighted by atomic mass is 10.2. The molecule has 0 rings (SSSR count). The molecule has 2 atom stereocenters. The maximum absolute atomic E-state index is 11.4. The van der Waals surface area contributed by atoms with E-state index < -0.39 is 30.1 Å². The molecule has 0 saturated heterocycles. The van der Waals surface area contributed by atoms with E-state index in [1.54, 1.807) is 0 Å². The molecule has 0 spiro atoms. The quantitative estimate of drug-likeness (QED) is 0.576. The van der Waals surface area contributed by atoms with Gasteiger partial charge in [-0.3, -0.25) is 0 Å². The SMILES string of the molecule is CCC[C@H](NC(=O)NC(C)C(=O)OC)C(=O)O. The first kappa shape index (κ1) is 15.2. The first-order chi connectivity index (χ1) is 7.92. The Kier molecular flexibility index (Phi) is 6.69. The number of carbonyl (C=O) groups excluding carboxylic acids is 2. The van der Waals surface area contributed by atoms with Gasteiger partial charge >= 0.3 is 18.0 Å². The second-order valence-electron chi connectivity index (χ2n) is 3.54. The topological polar surface area (TPSA) is 105 Å². The highest BCUT2D eigenvalue weighted by atomic mass is 16.5. The summed E-state index contributed by atoms with van der Waals surface area (Å²) >= 11 is 0. The van der Waals surface area contributed by atoms with Crippen molar-refractivity contribution in [3.05, 3.63) is 0 Å². The van der Waals surface area contributed by atoms with Crippen molar-refractivity contribution in [1.29, 1.82) is 0 Å². The number of aliphatic carboxylic acids is 1. The number of carbonyl (C=O) groups is 3. The van der Waals surface area contributed by atoms with Crippen LogP contribution in [0.4, 0.5) is 4.79 Å². The Balaban J connectivity index is 4.23. The third-order valence-corrected chi connectivity index (χ3v) is 2.08. The number of amides is 2. The van der Waals surface area contributed by atoms with Gasteiger partial charge < -0.3 is 20.5 Å². The smallest absolute Gasteiger partial charge is 0.328 e. The first-order valence-corrected chi connectivity index (χ1v) is 5.30. The molecule has 3 N–H and O–H groups in total. The number of rotatable bonds is 6. The summed E-state index contributed by atoms with van der Waals surface area (Å²) in [7, 11) is 1.20. The molecule has 0 saturated carbocycles. The van der Waals surface area contributed by atoms with Crippen molar-refractivity contribution >= 4 is 18.0 Å². The largest absolute Gasteiger partial charge is 0.480 e.